The molecule has 0 spiro atoms. The first kappa shape index (κ1) is 9.84. The number of thioether (sulfide) groups is 1. The summed E-state index contributed by atoms with van der Waals surface area (Å²) in [5.74, 6) is 2.29. The van der Waals surface area contributed by atoms with E-state index in [-0.39, 0.29) is 0 Å². The third kappa shape index (κ3) is 2.21. The number of aromatic nitrogens is 1. The maximum atomic E-state index is 4.32. The van der Waals surface area contributed by atoms with Gasteiger partial charge in [-0.05, 0) is 36.8 Å². The molecule has 76 valence electrons. The summed E-state index contributed by atoms with van der Waals surface area (Å²) in [4.78, 5) is 4.32. The highest BCUT2D eigenvalue weighted by Crippen LogP contribution is 2.28. The normalized spacial score (nSPS) is 26.4. The minimum absolute atomic E-state index is 0.592. The molecule has 0 saturated carbocycles. The second-order valence-electron chi connectivity index (χ2n) is 3.83. The summed E-state index contributed by atoms with van der Waals surface area (Å²) in [5.41, 5.74) is 1.26. The average molecular weight is 208 g/mol. The number of hydrogen-bond acceptors (Lipinski definition) is 3. The van der Waals surface area contributed by atoms with Gasteiger partial charge in [0.05, 0.1) is 0 Å². The number of pyridine rings is 1. The lowest BCUT2D eigenvalue weighted by molar-refractivity contribution is 0.720. The van der Waals surface area contributed by atoms with Crippen LogP contribution in [0.5, 0.6) is 0 Å². The lowest BCUT2D eigenvalue weighted by atomic mass is 10.1. The van der Waals surface area contributed by atoms with Crippen molar-refractivity contribution in [3.63, 3.8) is 0 Å². The van der Waals surface area contributed by atoms with Gasteiger partial charge in [-0.2, -0.15) is 11.8 Å². The number of anilines is 1. The molecule has 1 aliphatic heterocycles. The molecule has 0 radical (unpaired) electrons. The van der Waals surface area contributed by atoms with Crippen LogP contribution in [0.2, 0.25) is 0 Å². The largest absolute Gasteiger partial charge is 0.366 e. The van der Waals surface area contributed by atoms with Crippen LogP contribution in [-0.2, 0) is 0 Å². The summed E-state index contributed by atoms with van der Waals surface area (Å²) in [6.45, 7) is 4.38. The average Bonchev–Trinajstić information content (AvgIpc) is 2.52. The lowest BCUT2D eigenvalue weighted by Crippen LogP contribution is -2.25. The second kappa shape index (κ2) is 4.22. The van der Waals surface area contributed by atoms with E-state index in [2.05, 4.69) is 30.2 Å². The predicted molar refractivity (Wildman–Crippen MR) is 62.9 cm³/mol. The smallest absolute Gasteiger partial charge is 0.126 e. The van der Waals surface area contributed by atoms with Crippen LogP contribution in [0.15, 0.2) is 18.3 Å². The van der Waals surface area contributed by atoms with Crippen LogP contribution in [0, 0.1) is 6.92 Å². The molecular weight excluding hydrogens is 192 g/mol. The monoisotopic (exact) mass is 208 g/mol. The Hall–Kier alpha value is -0.700. The Morgan fingerprint density at radius 3 is 3.07 bits per heavy atom. The van der Waals surface area contributed by atoms with E-state index in [1.165, 1.54) is 17.7 Å². The number of nitrogens with zero attached hydrogens (tertiary/aromatic N) is 1. The number of nitrogens with one attached hydrogen (secondary N) is 1. The highest BCUT2D eigenvalue weighted by Gasteiger charge is 2.23. The fourth-order valence-corrected chi connectivity index (χ4v) is 2.92. The van der Waals surface area contributed by atoms with Crippen molar-refractivity contribution < 1.29 is 0 Å². The van der Waals surface area contributed by atoms with E-state index in [0.29, 0.717) is 11.3 Å². The van der Waals surface area contributed by atoms with Gasteiger partial charge in [0.25, 0.3) is 0 Å². The van der Waals surface area contributed by atoms with Gasteiger partial charge >= 0.3 is 0 Å². The highest BCUT2D eigenvalue weighted by atomic mass is 32.2. The van der Waals surface area contributed by atoms with Crippen LogP contribution in [-0.4, -0.2) is 22.0 Å². The van der Waals surface area contributed by atoms with Crippen LogP contribution < -0.4 is 5.32 Å². The fourth-order valence-electron chi connectivity index (χ4n) is 1.73. The summed E-state index contributed by atoms with van der Waals surface area (Å²) in [6.07, 6.45) is 3.12. The quantitative estimate of drug-likeness (QED) is 0.809. The van der Waals surface area contributed by atoms with Crippen molar-refractivity contribution >= 4 is 17.6 Å². The summed E-state index contributed by atoms with van der Waals surface area (Å²) >= 11 is 2.04. The van der Waals surface area contributed by atoms with Crippen LogP contribution in [0.3, 0.4) is 0 Å². The van der Waals surface area contributed by atoms with E-state index >= 15 is 0 Å². The molecule has 1 aromatic rings. The van der Waals surface area contributed by atoms with E-state index in [4.69, 9.17) is 0 Å². The molecule has 2 rings (SSSR count). The molecule has 0 aliphatic carbocycles. The van der Waals surface area contributed by atoms with Gasteiger partial charge in [-0.25, -0.2) is 4.98 Å². The lowest BCUT2D eigenvalue weighted by Gasteiger charge is -2.17. The van der Waals surface area contributed by atoms with Gasteiger partial charge in [-0.3, -0.25) is 0 Å². The molecule has 1 aliphatic rings. The van der Waals surface area contributed by atoms with Gasteiger partial charge in [0, 0.05) is 17.5 Å². The standard InChI is InChI=1S/C11H16N2S/c1-8-3-5-12-11(7-8)13-10-4-6-14-9(10)2/h3,5,7,9-10H,4,6H2,1-2H3,(H,12,13). The van der Waals surface area contributed by atoms with Gasteiger partial charge in [0.1, 0.15) is 5.82 Å². The second-order valence-corrected chi connectivity index (χ2v) is 5.32. The van der Waals surface area contributed by atoms with Crippen molar-refractivity contribution in [3.8, 4) is 0 Å². The molecule has 0 aromatic carbocycles. The van der Waals surface area contributed by atoms with Gasteiger partial charge in [-0.1, -0.05) is 6.92 Å². The van der Waals surface area contributed by atoms with E-state index in [9.17, 15) is 0 Å². The van der Waals surface area contributed by atoms with Crippen molar-refractivity contribution in [1.29, 1.82) is 0 Å². The first-order valence-corrected chi connectivity index (χ1v) is 6.11. The summed E-state index contributed by atoms with van der Waals surface area (Å²) in [5, 5.41) is 4.21. The fraction of sp³-hybridized carbons (Fsp3) is 0.545. The van der Waals surface area contributed by atoms with Gasteiger partial charge in [0.15, 0.2) is 0 Å². The van der Waals surface area contributed by atoms with Crippen LogP contribution in [0.25, 0.3) is 0 Å². The number of hydrogen-bond donors (Lipinski definition) is 1. The van der Waals surface area contributed by atoms with Gasteiger partial charge < -0.3 is 5.32 Å². The number of aryl methyl sites for hydroxylation is 1. The zero-order valence-electron chi connectivity index (χ0n) is 8.66. The van der Waals surface area contributed by atoms with Crippen molar-refractivity contribution in [1.82, 2.24) is 4.98 Å². The third-order valence-corrected chi connectivity index (χ3v) is 3.95. The molecule has 14 heavy (non-hydrogen) atoms. The Bertz CT molecular complexity index is 314. The summed E-state index contributed by atoms with van der Waals surface area (Å²) in [6, 6.07) is 4.72. The molecule has 0 bridgehead atoms. The Balaban J connectivity index is 2.03. The molecular formula is C11H16N2S. The predicted octanol–water partition coefficient (Wildman–Crippen LogP) is 2.70. The van der Waals surface area contributed by atoms with Crippen molar-refractivity contribution in [2.24, 2.45) is 0 Å². The minimum atomic E-state index is 0.592. The van der Waals surface area contributed by atoms with Crippen molar-refractivity contribution in [2.75, 3.05) is 11.1 Å². The molecule has 1 saturated heterocycles. The van der Waals surface area contributed by atoms with Crippen LogP contribution in [0.4, 0.5) is 5.82 Å². The molecule has 1 fully saturated rings. The van der Waals surface area contributed by atoms with E-state index < -0.39 is 0 Å². The van der Waals surface area contributed by atoms with E-state index in [1.807, 2.05) is 24.0 Å². The maximum absolute atomic E-state index is 4.32. The zero-order valence-corrected chi connectivity index (χ0v) is 9.47. The van der Waals surface area contributed by atoms with Gasteiger partial charge in [-0.15, -0.1) is 0 Å². The first-order chi connectivity index (χ1) is 6.75. The maximum Gasteiger partial charge on any atom is 0.126 e. The third-order valence-electron chi connectivity index (χ3n) is 2.62. The van der Waals surface area contributed by atoms with Crippen LogP contribution in [0.1, 0.15) is 18.9 Å². The molecule has 0 amide bonds. The summed E-state index contributed by atoms with van der Waals surface area (Å²) in [7, 11) is 0. The van der Waals surface area contributed by atoms with Crippen molar-refractivity contribution in [3.05, 3.63) is 23.9 Å². The molecule has 3 heteroatoms. The van der Waals surface area contributed by atoms with Crippen molar-refractivity contribution in [2.45, 2.75) is 31.6 Å². The SMILES string of the molecule is Cc1ccnc(NC2CCSC2C)c1. The topological polar surface area (TPSA) is 24.9 Å². The molecule has 2 atom stereocenters. The first-order valence-electron chi connectivity index (χ1n) is 5.06. The van der Waals surface area contributed by atoms with Crippen LogP contribution >= 0.6 is 11.8 Å². The zero-order chi connectivity index (χ0) is 9.97. The Kier molecular flexibility index (Phi) is 2.96. The molecule has 1 N–H and O–H groups in total. The molecule has 2 heterocycles. The van der Waals surface area contributed by atoms with E-state index in [1.54, 1.807) is 0 Å². The molecule has 2 nitrogen and oxygen atoms in total. The Morgan fingerprint density at radius 2 is 2.43 bits per heavy atom. The van der Waals surface area contributed by atoms with E-state index in [0.717, 1.165) is 5.82 Å². The Labute approximate surface area is 89.5 Å². The minimum Gasteiger partial charge on any atom is -0.366 e. The van der Waals surface area contributed by atoms with Gasteiger partial charge in [0.2, 0.25) is 0 Å². The number of rotatable bonds is 2. The highest BCUT2D eigenvalue weighted by molar-refractivity contribution is 8.00. The molecule has 1 aromatic heterocycles. The molecule has 2 unspecified atom stereocenters. The summed E-state index contributed by atoms with van der Waals surface area (Å²) < 4.78 is 0. The Morgan fingerprint density at radius 1 is 1.57 bits per heavy atom.